The molecule has 21 heavy (non-hydrogen) atoms. The maximum absolute atomic E-state index is 10.6. The van der Waals surface area contributed by atoms with Gasteiger partial charge < -0.3 is 9.84 Å². The smallest absolute Gasteiger partial charge is 0.328 e. The number of ether oxygens (including phenoxy) is 1. The van der Waals surface area contributed by atoms with Crippen molar-refractivity contribution in [3.8, 4) is 5.75 Å². The van der Waals surface area contributed by atoms with Gasteiger partial charge in [0.05, 0.1) is 0 Å². The van der Waals surface area contributed by atoms with E-state index < -0.39 is 5.97 Å². The molecule has 0 atom stereocenters. The predicted octanol–water partition coefficient (Wildman–Crippen LogP) is 4.78. The van der Waals surface area contributed by atoms with Gasteiger partial charge in [-0.1, -0.05) is 39.7 Å². The highest BCUT2D eigenvalue weighted by Gasteiger charge is 2.04. The number of carbonyl (C=O) groups is 1. The van der Waals surface area contributed by atoms with Crippen molar-refractivity contribution < 1.29 is 14.6 Å². The molecule has 0 radical (unpaired) electrons. The van der Waals surface area contributed by atoms with Gasteiger partial charge in [0.2, 0.25) is 0 Å². The molecule has 0 heterocycles. The van der Waals surface area contributed by atoms with Crippen LogP contribution in [0.25, 0.3) is 6.08 Å². The number of benzene rings is 2. The number of hydrogen-bond acceptors (Lipinski definition) is 2. The number of carboxylic acid groups (broad SMARTS) is 1. The van der Waals surface area contributed by atoms with Crippen LogP contribution in [0.5, 0.6) is 5.75 Å². The molecule has 2 aromatic carbocycles. The Morgan fingerprint density at radius 1 is 1.24 bits per heavy atom. The second-order valence-electron chi connectivity index (χ2n) is 4.27. The van der Waals surface area contributed by atoms with Gasteiger partial charge in [0.15, 0.2) is 0 Å². The Morgan fingerprint density at radius 2 is 1.95 bits per heavy atom. The van der Waals surface area contributed by atoms with Crippen LogP contribution < -0.4 is 4.74 Å². The summed E-state index contributed by atoms with van der Waals surface area (Å²) in [6, 6.07) is 12.9. The van der Waals surface area contributed by atoms with Gasteiger partial charge in [-0.2, -0.15) is 0 Å². The number of carboxylic acids is 1. The minimum Gasteiger partial charge on any atom is -0.488 e. The monoisotopic (exact) mass is 366 g/mol. The first-order valence-corrected chi connectivity index (χ1v) is 7.29. The van der Waals surface area contributed by atoms with Crippen LogP contribution in [0.2, 0.25) is 5.02 Å². The van der Waals surface area contributed by atoms with E-state index in [0.29, 0.717) is 22.9 Å². The van der Waals surface area contributed by atoms with Gasteiger partial charge in [0.1, 0.15) is 12.4 Å². The molecule has 0 aromatic heterocycles. The summed E-state index contributed by atoms with van der Waals surface area (Å²) in [4.78, 5) is 10.6. The van der Waals surface area contributed by atoms with Crippen molar-refractivity contribution in [1.82, 2.24) is 0 Å². The van der Waals surface area contributed by atoms with E-state index in [2.05, 4.69) is 15.9 Å². The lowest BCUT2D eigenvalue weighted by molar-refractivity contribution is -0.131. The van der Waals surface area contributed by atoms with Crippen LogP contribution in [0.4, 0.5) is 0 Å². The van der Waals surface area contributed by atoms with Gasteiger partial charge >= 0.3 is 5.97 Å². The third-order valence-corrected chi connectivity index (χ3v) is 3.45. The lowest BCUT2D eigenvalue weighted by atomic mass is 10.2. The molecule has 1 N–H and O–H groups in total. The van der Waals surface area contributed by atoms with Crippen molar-refractivity contribution in [1.29, 1.82) is 0 Å². The summed E-state index contributed by atoms with van der Waals surface area (Å²) in [5, 5.41) is 9.23. The number of hydrogen-bond donors (Lipinski definition) is 1. The summed E-state index contributed by atoms with van der Waals surface area (Å²) >= 11 is 9.30. The quantitative estimate of drug-likeness (QED) is 0.774. The van der Waals surface area contributed by atoms with E-state index in [1.165, 1.54) is 6.08 Å². The Balaban J connectivity index is 2.15. The molecule has 0 unspecified atom stereocenters. The SMILES string of the molecule is O=C(O)/C=C/c1cc(Cl)ccc1OCc1ccc(Br)cc1. The van der Waals surface area contributed by atoms with Crippen LogP contribution >= 0.6 is 27.5 Å². The van der Waals surface area contributed by atoms with E-state index >= 15 is 0 Å². The van der Waals surface area contributed by atoms with Crippen LogP contribution in [-0.4, -0.2) is 11.1 Å². The zero-order valence-corrected chi connectivity index (χ0v) is 13.3. The maximum atomic E-state index is 10.6. The van der Waals surface area contributed by atoms with Crippen LogP contribution in [-0.2, 0) is 11.4 Å². The van der Waals surface area contributed by atoms with Crippen molar-refractivity contribution in [2.75, 3.05) is 0 Å². The summed E-state index contributed by atoms with van der Waals surface area (Å²) in [7, 11) is 0. The molecule has 5 heteroatoms. The highest BCUT2D eigenvalue weighted by Crippen LogP contribution is 2.25. The van der Waals surface area contributed by atoms with Crippen molar-refractivity contribution in [2.45, 2.75) is 6.61 Å². The molecular formula is C16H12BrClO3. The first-order chi connectivity index (χ1) is 10.0. The summed E-state index contributed by atoms with van der Waals surface area (Å²) in [5.41, 5.74) is 1.64. The van der Waals surface area contributed by atoms with Crippen molar-refractivity contribution in [3.63, 3.8) is 0 Å². The molecule has 0 fully saturated rings. The molecule has 2 aromatic rings. The van der Waals surface area contributed by atoms with Gasteiger partial charge in [-0.05, 0) is 42.0 Å². The third kappa shape index (κ3) is 4.92. The summed E-state index contributed by atoms with van der Waals surface area (Å²) < 4.78 is 6.73. The minimum absolute atomic E-state index is 0.392. The van der Waals surface area contributed by atoms with Crippen molar-refractivity contribution in [2.24, 2.45) is 0 Å². The predicted molar refractivity (Wildman–Crippen MR) is 86.6 cm³/mol. The lowest BCUT2D eigenvalue weighted by Gasteiger charge is -2.10. The molecular weight excluding hydrogens is 356 g/mol. The Morgan fingerprint density at radius 3 is 2.62 bits per heavy atom. The van der Waals surface area contributed by atoms with E-state index in [4.69, 9.17) is 21.4 Å². The molecule has 3 nitrogen and oxygen atoms in total. The molecule has 108 valence electrons. The fourth-order valence-electron chi connectivity index (χ4n) is 1.68. The Hall–Kier alpha value is -1.78. The van der Waals surface area contributed by atoms with Gasteiger partial charge in [-0.3, -0.25) is 0 Å². The number of halogens is 2. The maximum Gasteiger partial charge on any atom is 0.328 e. The molecule has 2 rings (SSSR count). The molecule has 0 aliphatic carbocycles. The first-order valence-electron chi connectivity index (χ1n) is 6.12. The molecule has 0 spiro atoms. The molecule has 0 saturated heterocycles. The number of aliphatic carboxylic acids is 1. The second kappa shape index (κ2) is 7.29. The van der Waals surface area contributed by atoms with E-state index in [1.807, 2.05) is 24.3 Å². The van der Waals surface area contributed by atoms with Gasteiger partial charge in [-0.25, -0.2) is 4.79 Å². The lowest BCUT2D eigenvalue weighted by Crippen LogP contribution is -1.97. The summed E-state index contributed by atoms with van der Waals surface area (Å²) in [6.07, 6.45) is 2.52. The first kappa shape index (κ1) is 15.6. The molecule has 0 aliphatic rings. The highest BCUT2D eigenvalue weighted by molar-refractivity contribution is 9.10. The van der Waals surface area contributed by atoms with E-state index in [1.54, 1.807) is 18.2 Å². The van der Waals surface area contributed by atoms with Gasteiger partial charge in [0, 0.05) is 21.1 Å². The second-order valence-corrected chi connectivity index (χ2v) is 5.62. The molecule has 0 amide bonds. The van der Waals surface area contributed by atoms with Crippen LogP contribution in [0, 0.1) is 0 Å². The van der Waals surface area contributed by atoms with Crippen molar-refractivity contribution >= 4 is 39.6 Å². The minimum atomic E-state index is -1.02. The Kier molecular flexibility index (Phi) is 5.42. The van der Waals surface area contributed by atoms with E-state index in [0.717, 1.165) is 16.1 Å². The summed E-state index contributed by atoms with van der Waals surface area (Å²) in [5.74, 6) is -0.436. The Labute approximate surface area is 135 Å². The van der Waals surface area contributed by atoms with Crippen LogP contribution in [0.15, 0.2) is 53.0 Å². The third-order valence-electron chi connectivity index (χ3n) is 2.68. The number of rotatable bonds is 5. The van der Waals surface area contributed by atoms with Gasteiger partial charge in [0.25, 0.3) is 0 Å². The van der Waals surface area contributed by atoms with E-state index in [-0.39, 0.29) is 0 Å². The van der Waals surface area contributed by atoms with E-state index in [9.17, 15) is 4.79 Å². The molecule has 0 bridgehead atoms. The Bertz CT molecular complexity index is 666. The fraction of sp³-hybridized carbons (Fsp3) is 0.0625. The van der Waals surface area contributed by atoms with Crippen LogP contribution in [0.1, 0.15) is 11.1 Å². The van der Waals surface area contributed by atoms with Crippen LogP contribution in [0.3, 0.4) is 0 Å². The summed E-state index contributed by atoms with van der Waals surface area (Å²) in [6.45, 7) is 0.392. The standard InChI is InChI=1S/C16H12BrClO3/c17-13-4-1-11(2-5-13)10-21-15-7-6-14(18)9-12(15)3-8-16(19)20/h1-9H,10H2,(H,19,20)/b8-3+. The average Bonchev–Trinajstić information content (AvgIpc) is 2.45. The largest absolute Gasteiger partial charge is 0.488 e. The molecule has 0 aliphatic heterocycles. The highest BCUT2D eigenvalue weighted by atomic mass is 79.9. The topological polar surface area (TPSA) is 46.5 Å². The van der Waals surface area contributed by atoms with Crippen molar-refractivity contribution in [3.05, 3.63) is 69.2 Å². The fourth-order valence-corrected chi connectivity index (χ4v) is 2.13. The zero-order chi connectivity index (χ0) is 15.2. The zero-order valence-electron chi connectivity index (χ0n) is 10.9. The van der Waals surface area contributed by atoms with Gasteiger partial charge in [-0.15, -0.1) is 0 Å². The average molecular weight is 368 g/mol. The normalized spacial score (nSPS) is 10.8. The molecule has 0 saturated carbocycles.